The van der Waals surface area contributed by atoms with Crippen molar-refractivity contribution in [2.75, 3.05) is 26.2 Å². The lowest BCUT2D eigenvalue weighted by molar-refractivity contribution is 0.0930. The van der Waals surface area contributed by atoms with Gasteiger partial charge in [0.15, 0.2) is 0 Å². The Morgan fingerprint density at radius 2 is 1.78 bits per heavy atom. The molecule has 0 amide bonds. The molecule has 124 valence electrons. The van der Waals surface area contributed by atoms with Gasteiger partial charge in [0.1, 0.15) is 0 Å². The molecule has 4 rings (SSSR count). The molecule has 0 bridgehead atoms. The summed E-state index contributed by atoms with van der Waals surface area (Å²) in [5, 5.41) is 0. The number of hydrogen-bond donors (Lipinski definition) is 0. The number of hydrogen-bond acceptors (Lipinski definition) is 4. The fraction of sp³-hybridized carbons (Fsp3) is 0.667. The van der Waals surface area contributed by atoms with Gasteiger partial charge >= 0.3 is 0 Å². The lowest BCUT2D eigenvalue weighted by atomic mass is 10.2. The first-order chi connectivity index (χ1) is 11.2. The zero-order chi connectivity index (χ0) is 15.8. The molecule has 2 aromatic heterocycles. The molecular weight excluding hydrogens is 286 g/mol. The van der Waals surface area contributed by atoms with Crippen molar-refractivity contribution in [1.82, 2.24) is 24.2 Å². The van der Waals surface area contributed by atoms with Gasteiger partial charge < -0.3 is 0 Å². The molecule has 5 nitrogen and oxygen atoms in total. The third-order valence-corrected chi connectivity index (χ3v) is 5.44. The molecule has 0 unspecified atom stereocenters. The van der Waals surface area contributed by atoms with E-state index in [4.69, 9.17) is 4.98 Å². The minimum atomic E-state index is 0.835. The van der Waals surface area contributed by atoms with Gasteiger partial charge in [-0.3, -0.25) is 14.2 Å². The van der Waals surface area contributed by atoms with Gasteiger partial charge in [-0.2, -0.15) is 0 Å². The largest absolute Gasteiger partial charge is 0.298 e. The summed E-state index contributed by atoms with van der Waals surface area (Å²) in [4.78, 5) is 14.5. The quantitative estimate of drug-likeness (QED) is 0.872. The summed E-state index contributed by atoms with van der Waals surface area (Å²) in [5.74, 6) is 0.835. The standard InChI is InChI=1S/C18H27N5/c1-14-11-15(2)23-13-16(20-18(23)19-14)12-21-7-9-22(10-8-21)17-5-3-4-6-17/h11,13,17H,3-10,12H2,1-2H3. The van der Waals surface area contributed by atoms with Gasteiger partial charge in [-0.25, -0.2) is 9.97 Å². The third-order valence-electron chi connectivity index (χ3n) is 5.44. The molecular formula is C18H27N5. The van der Waals surface area contributed by atoms with E-state index in [9.17, 15) is 0 Å². The van der Waals surface area contributed by atoms with Crippen molar-refractivity contribution in [2.24, 2.45) is 0 Å². The SMILES string of the molecule is Cc1cc(C)n2cc(CN3CCN(C4CCCC4)CC3)nc2n1. The lowest BCUT2D eigenvalue weighted by Crippen LogP contribution is -2.49. The molecule has 1 saturated carbocycles. The molecule has 2 fully saturated rings. The van der Waals surface area contributed by atoms with Crippen LogP contribution >= 0.6 is 0 Å². The topological polar surface area (TPSA) is 36.7 Å². The van der Waals surface area contributed by atoms with Crippen LogP contribution in [0.15, 0.2) is 12.3 Å². The monoisotopic (exact) mass is 313 g/mol. The van der Waals surface area contributed by atoms with E-state index in [-0.39, 0.29) is 0 Å². The van der Waals surface area contributed by atoms with E-state index >= 15 is 0 Å². The second kappa shape index (κ2) is 6.21. The minimum absolute atomic E-state index is 0.835. The van der Waals surface area contributed by atoms with Gasteiger partial charge in [0.05, 0.1) is 5.69 Å². The van der Waals surface area contributed by atoms with Crippen LogP contribution in [-0.4, -0.2) is 56.4 Å². The molecule has 3 heterocycles. The smallest absolute Gasteiger partial charge is 0.234 e. The molecule has 23 heavy (non-hydrogen) atoms. The minimum Gasteiger partial charge on any atom is -0.298 e. The Kier molecular flexibility index (Phi) is 4.07. The van der Waals surface area contributed by atoms with E-state index in [0.29, 0.717) is 0 Å². The van der Waals surface area contributed by atoms with Crippen LogP contribution in [0.4, 0.5) is 0 Å². The zero-order valence-corrected chi connectivity index (χ0v) is 14.3. The molecule has 5 heteroatoms. The van der Waals surface area contributed by atoms with E-state index in [1.165, 1.54) is 44.5 Å². The Labute approximate surface area is 138 Å². The summed E-state index contributed by atoms with van der Waals surface area (Å²) in [6, 6.07) is 2.97. The van der Waals surface area contributed by atoms with Crippen molar-refractivity contribution in [3.63, 3.8) is 0 Å². The second-order valence-electron chi connectivity index (χ2n) is 7.19. The maximum atomic E-state index is 4.72. The van der Waals surface area contributed by atoms with Crippen LogP contribution in [0, 0.1) is 13.8 Å². The summed E-state index contributed by atoms with van der Waals surface area (Å²) < 4.78 is 2.11. The summed E-state index contributed by atoms with van der Waals surface area (Å²) >= 11 is 0. The Balaban J connectivity index is 1.40. The van der Waals surface area contributed by atoms with Gasteiger partial charge in [0, 0.05) is 56.4 Å². The fourth-order valence-electron chi connectivity index (χ4n) is 4.18. The number of aryl methyl sites for hydroxylation is 2. The third kappa shape index (κ3) is 3.12. The van der Waals surface area contributed by atoms with Crippen LogP contribution < -0.4 is 0 Å². The Hall–Kier alpha value is -1.46. The summed E-state index contributed by atoms with van der Waals surface area (Å²) in [7, 11) is 0. The fourth-order valence-corrected chi connectivity index (χ4v) is 4.18. The predicted octanol–water partition coefficient (Wildman–Crippen LogP) is 2.41. The number of rotatable bonds is 3. The summed E-state index contributed by atoms with van der Waals surface area (Å²) in [5.41, 5.74) is 3.38. The lowest BCUT2D eigenvalue weighted by Gasteiger charge is -2.37. The molecule has 2 aromatic rings. The molecule has 1 saturated heterocycles. The molecule has 0 aromatic carbocycles. The Morgan fingerprint density at radius 3 is 2.52 bits per heavy atom. The highest BCUT2D eigenvalue weighted by molar-refractivity contribution is 5.34. The first-order valence-corrected chi connectivity index (χ1v) is 8.98. The second-order valence-corrected chi connectivity index (χ2v) is 7.19. The molecule has 2 aliphatic rings. The highest BCUT2D eigenvalue weighted by Crippen LogP contribution is 2.24. The van der Waals surface area contributed by atoms with Gasteiger partial charge in [0.25, 0.3) is 0 Å². The van der Waals surface area contributed by atoms with Crippen LogP contribution in [0.1, 0.15) is 42.8 Å². The average molecular weight is 313 g/mol. The van der Waals surface area contributed by atoms with Crippen LogP contribution in [0.3, 0.4) is 0 Å². The number of fused-ring (bicyclic) bond motifs is 1. The van der Waals surface area contributed by atoms with Gasteiger partial charge in [0.2, 0.25) is 5.78 Å². The van der Waals surface area contributed by atoms with E-state index in [2.05, 4.69) is 38.4 Å². The Morgan fingerprint density at radius 1 is 1.04 bits per heavy atom. The number of aromatic nitrogens is 3. The van der Waals surface area contributed by atoms with Crippen LogP contribution in [0.2, 0.25) is 0 Å². The molecule has 0 spiro atoms. The van der Waals surface area contributed by atoms with Crippen LogP contribution in [0.5, 0.6) is 0 Å². The van der Waals surface area contributed by atoms with Crippen molar-refractivity contribution in [3.05, 3.63) is 29.3 Å². The highest BCUT2D eigenvalue weighted by Gasteiger charge is 2.26. The van der Waals surface area contributed by atoms with E-state index in [0.717, 1.165) is 42.8 Å². The molecule has 0 atom stereocenters. The maximum Gasteiger partial charge on any atom is 0.234 e. The molecule has 0 N–H and O–H groups in total. The number of nitrogens with zero attached hydrogens (tertiary/aromatic N) is 5. The maximum absolute atomic E-state index is 4.72. The zero-order valence-electron chi connectivity index (χ0n) is 14.3. The van der Waals surface area contributed by atoms with Gasteiger partial charge in [-0.05, 0) is 32.8 Å². The summed E-state index contributed by atoms with van der Waals surface area (Å²) in [6.07, 6.45) is 7.84. The first kappa shape index (κ1) is 15.1. The van der Waals surface area contributed by atoms with Crippen LogP contribution in [-0.2, 0) is 6.54 Å². The number of piperazine rings is 1. The summed E-state index contributed by atoms with van der Waals surface area (Å²) in [6.45, 7) is 9.85. The Bertz CT molecular complexity index is 678. The van der Waals surface area contributed by atoms with Crippen molar-refractivity contribution in [1.29, 1.82) is 0 Å². The van der Waals surface area contributed by atoms with Crippen LogP contribution in [0.25, 0.3) is 5.78 Å². The number of imidazole rings is 1. The van der Waals surface area contributed by atoms with Crippen molar-refractivity contribution >= 4 is 5.78 Å². The normalized spacial score (nSPS) is 21.5. The van der Waals surface area contributed by atoms with Crippen molar-refractivity contribution in [3.8, 4) is 0 Å². The molecule has 0 radical (unpaired) electrons. The molecule has 1 aliphatic heterocycles. The van der Waals surface area contributed by atoms with Crippen molar-refractivity contribution < 1.29 is 0 Å². The highest BCUT2D eigenvalue weighted by atomic mass is 15.3. The molecule has 1 aliphatic carbocycles. The van der Waals surface area contributed by atoms with E-state index < -0.39 is 0 Å². The average Bonchev–Trinajstić information content (AvgIpc) is 3.17. The van der Waals surface area contributed by atoms with Crippen molar-refractivity contribution in [2.45, 2.75) is 52.1 Å². The van der Waals surface area contributed by atoms with E-state index in [1.54, 1.807) is 0 Å². The first-order valence-electron chi connectivity index (χ1n) is 8.98. The predicted molar refractivity (Wildman–Crippen MR) is 91.6 cm³/mol. The van der Waals surface area contributed by atoms with E-state index in [1.807, 2.05) is 6.92 Å². The van der Waals surface area contributed by atoms with Gasteiger partial charge in [-0.15, -0.1) is 0 Å². The van der Waals surface area contributed by atoms with Gasteiger partial charge in [-0.1, -0.05) is 12.8 Å².